The van der Waals surface area contributed by atoms with E-state index in [1.807, 2.05) is 6.20 Å². The number of alkyl halides is 2. The number of hydrogen-bond acceptors (Lipinski definition) is 2. The molecule has 1 fully saturated rings. The zero-order valence-electron chi connectivity index (χ0n) is 8.60. The molecule has 0 spiro atoms. The van der Waals surface area contributed by atoms with Gasteiger partial charge in [0.25, 0.3) is 0 Å². The van der Waals surface area contributed by atoms with Crippen LogP contribution in [-0.4, -0.2) is 15.7 Å². The lowest BCUT2D eigenvalue weighted by atomic mass is 9.81. The first-order valence-corrected chi connectivity index (χ1v) is 4.68. The first-order chi connectivity index (χ1) is 6.59. The van der Waals surface area contributed by atoms with Gasteiger partial charge in [-0.2, -0.15) is 5.10 Å². The van der Waals surface area contributed by atoms with Gasteiger partial charge >= 0.3 is 0 Å². The summed E-state index contributed by atoms with van der Waals surface area (Å²) < 4.78 is 26.7. The predicted octanol–water partition coefficient (Wildman–Crippen LogP) is 2.23. The van der Waals surface area contributed by atoms with E-state index in [1.165, 1.54) is 0 Å². The van der Waals surface area contributed by atoms with Crippen molar-refractivity contribution < 1.29 is 8.78 Å². The van der Waals surface area contributed by atoms with Crippen LogP contribution in [0.5, 0.6) is 0 Å². The maximum Gasteiger partial charge on any atom is 0.248 e. The number of nitrogens with zero attached hydrogens (tertiary/aromatic N) is 2. The van der Waals surface area contributed by atoms with Gasteiger partial charge in [0, 0.05) is 37.7 Å². The van der Waals surface area contributed by atoms with Crippen LogP contribution in [0.15, 0.2) is 12.4 Å². The number of rotatable bonds is 3. The van der Waals surface area contributed by atoms with E-state index in [2.05, 4.69) is 5.10 Å². The minimum Gasteiger partial charge on any atom is -0.326 e. The first-order valence-electron chi connectivity index (χ1n) is 4.68. The highest BCUT2D eigenvalue weighted by Crippen LogP contribution is 2.42. The second kappa shape index (κ2) is 5.80. The quantitative estimate of drug-likeness (QED) is 0.918. The number of hydrogen-bond donors (Lipinski definition) is 1. The SMILES string of the molecule is Cl.Cl.NCc1cnn(CC2CC(F)(F)C2)c1. The van der Waals surface area contributed by atoms with Gasteiger partial charge in [-0.25, -0.2) is 8.78 Å². The molecule has 2 N–H and O–H groups in total. The zero-order valence-corrected chi connectivity index (χ0v) is 10.2. The highest BCUT2D eigenvalue weighted by Gasteiger charge is 2.45. The van der Waals surface area contributed by atoms with Gasteiger partial charge < -0.3 is 5.73 Å². The average molecular weight is 274 g/mol. The minimum atomic E-state index is -2.44. The summed E-state index contributed by atoms with van der Waals surface area (Å²) >= 11 is 0. The molecule has 94 valence electrons. The minimum absolute atomic E-state index is 0. The van der Waals surface area contributed by atoms with Crippen molar-refractivity contribution in [3.63, 3.8) is 0 Å². The van der Waals surface area contributed by atoms with E-state index in [0.29, 0.717) is 13.1 Å². The molecule has 0 atom stereocenters. The van der Waals surface area contributed by atoms with Crippen molar-refractivity contribution in [2.75, 3.05) is 0 Å². The summed E-state index contributed by atoms with van der Waals surface area (Å²) in [5.74, 6) is -2.37. The van der Waals surface area contributed by atoms with Crippen LogP contribution >= 0.6 is 24.8 Å². The monoisotopic (exact) mass is 273 g/mol. The first kappa shape index (κ1) is 15.6. The second-order valence-corrected chi connectivity index (χ2v) is 3.90. The third kappa shape index (κ3) is 3.57. The number of halogens is 4. The predicted molar refractivity (Wildman–Crippen MR) is 62.3 cm³/mol. The van der Waals surface area contributed by atoms with Crippen molar-refractivity contribution in [1.82, 2.24) is 9.78 Å². The highest BCUT2D eigenvalue weighted by atomic mass is 35.5. The second-order valence-electron chi connectivity index (χ2n) is 3.90. The Morgan fingerprint density at radius 3 is 2.50 bits per heavy atom. The number of nitrogens with two attached hydrogens (primary N) is 1. The Labute approximate surface area is 105 Å². The summed E-state index contributed by atoms with van der Waals surface area (Å²) in [6.45, 7) is 1.02. The molecule has 1 aromatic heterocycles. The average Bonchev–Trinajstić information content (AvgIpc) is 2.49. The van der Waals surface area contributed by atoms with Crippen LogP contribution in [0.2, 0.25) is 0 Å². The Morgan fingerprint density at radius 2 is 2.06 bits per heavy atom. The summed E-state index contributed by atoms with van der Waals surface area (Å²) in [6, 6.07) is 0. The Hall–Kier alpha value is -0.390. The third-order valence-corrected chi connectivity index (χ3v) is 2.54. The largest absolute Gasteiger partial charge is 0.326 e. The van der Waals surface area contributed by atoms with Gasteiger partial charge in [0.2, 0.25) is 5.92 Å². The van der Waals surface area contributed by atoms with Crippen molar-refractivity contribution in [3.05, 3.63) is 18.0 Å². The Kier molecular flexibility index (Phi) is 5.65. The fourth-order valence-corrected chi connectivity index (χ4v) is 1.79. The Bertz CT molecular complexity index is 322. The van der Waals surface area contributed by atoms with E-state index in [9.17, 15) is 8.78 Å². The lowest BCUT2D eigenvalue weighted by Crippen LogP contribution is -2.37. The van der Waals surface area contributed by atoms with Gasteiger partial charge in [0.05, 0.1) is 6.20 Å². The normalized spacial score (nSPS) is 18.2. The summed E-state index contributed by atoms with van der Waals surface area (Å²) in [7, 11) is 0. The van der Waals surface area contributed by atoms with Crippen LogP contribution in [0, 0.1) is 5.92 Å². The maximum atomic E-state index is 12.5. The molecule has 7 heteroatoms. The van der Waals surface area contributed by atoms with Crippen LogP contribution < -0.4 is 5.73 Å². The molecule has 1 aliphatic carbocycles. The molecule has 3 nitrogen and oxygen atoms in total. The zero-order chi connectivity index (χ0) is 10.2. The van der Waals surface area contributed by atoms with Gasteiger partial charge in [0.1, 0.15) is 0 Å². The van der Waals surface area contributed by atoms with Crippen molar-refractivity contribution >= 4 is 24.8 Å². The molecular formula is C9H15Cl2F2N3. The molecule has 0 unspecified atom stereocenters. The van der Waals surface area contributed by atoms with Crippen LogP contribution in [0.25, 0.3) is 0 Å². The topological polar surface area (TPSA) is 43.8 Å². The van der Waals surface area contributed by atoms with Gasteiger partial charge in [-0.15, -0.1) is 24.8 Å². The Balaban J connectivity index is 0.00000112. The molecule has 0 amide bonds. The van der Waals surface area contributed by atoms with E-state index >= 15 is 0 Å². The summed E-state index contributed by atoms with van der Waals surface area (Å²) in [6.07, 6.45) is 3.48. The molecule has 16 heavy (non-hydrogen) atoms. The summed E-state index contributed by atoms with van der Waals surface area (Å²) in [5, 5.41) is 4.05. The van der Waals surface area contributed by atoms with Crippen LogP contribution in [-0.2, 0) is 13.1 Å². The van der Waals surface area contributed by atoms with Crippen molar-refractivity contribution in [2.24, 2.45) is 11.7 Å². The molecule has 0 aliphatic heterocycles. The molecule has 0 bridgehead atoms. The van der Waals surface area contributed by atoms with E-state index < -0.39 is 5.92 Å². The fraction of sp³-hybridized carbons (Fsp3) is 0.667. The van der Waals surface area contributed by atoms with Crippen molar-refractivity contribution in [1.29, 1.82) is 0 Å². The molecule has 1 aliphatic rings. The van der Waals surface area contributed by atoms with E-state index in [4.69, 9.17) is 5.73 Å². The van der Waals surface area contributed by atoms with Gasteiger partial charge in [0.15, 0.2) is 0 Å². The lowest BCUT2D eigenvalue weighted by Gasteiger charge is -2.34. The highest BCUT2D eigenvalue weighted by molar-refractivity contribution is 5.85. The van der Waals surface area contributed by atoms with E-state index in [0.717, 1.165) is 5.56 Å². The van der Waals surface area contributed by atoms with Crippen molar-refractivity contribution in [3.8, 4) is 0 Å². The standard InChI is InChI=1S/C9H13F2N3.2ClH/c10-9(11)1-7(2-9)5-14-6-8(3-12)4-13-14;;/h4,6-7H,1-3,5,12H2;2*1H. The van der Waals surface area contributed by atoms with Crippen LogP contribution in [0.3, 0.4) is 0 Å². The van der Waals surface area contributed by atoms with E-state index in [-0.39, 0.29) is 43.6 Å². The molecule has 2 rings (SSSR count). The molecule has 1 saturated carbocycles. The molecule has 1 aromatic rings. The Morgan fingerprint density at radius 1 is 1.44 bits per heavy atom. The molecular weight excluding hydrogens is 259 g/mol. The van der Waals surface area contributed by atoms with Gasteiger partial charge in [-0.05, 0) is 5.92 Å². The lowest BCUT2D eigenvalue weighted by molar-refractivity contribution is -0.114. The van der Waals surface area contributed by atoms with Gasteiger partial charge in [-0.3, -0.25) is 4.68 Å². The molecule has 0 saturated heterocycles. The smallest absolute Gasteiger partial charge is 0.248 e. The summed E-state index contributed by atoms with van der Waals surface area (Å²) in [4.78, 5) is 0. The molecule has 1 heterocycles. The van der Waals surface area contributed by atoms with Gasteiger partial charge in [-0.1, -0.05) is 0 Å². The van der Waals surface area contributed by atoms with Crippen LogP contribution in [0.4, 0.5) is 8.78 Å². The molecule has 0 radical (unpaired) electrons. The third-order valence-electron chi connectivity index (χ3n) is 2.54. The fourth-order valence-electron chi connectivity index (χ4n) is 1.79. The van der Waals surface area contributed by atoms with Crippen LogP contribution in [0.1, 0.15) is 18.4 Å². The number of aromatic nitrogens is 2. The van der Waals surface area contributed by atoms with Crippen molar-refractivity contribution in [2.45, 2.75) is 31.9 Å². The summed E-state index contributed by atoms with van der Waals surface area (Å²) in [5.41, 5.74) is 6.35. The van der Waals surface area contributed by atoms with E-state index in [1.54, 1.807) is 10.9 Å². The maximum absolute atomic E-state index is 12.5. The molecule has 0 aromatic carbocycles.